The standard InChI is InChI=1S/C15H18BrNO/c1-9-7-10(2)15(12(16)8-9)14-6-5-13(18-14)11(3)17-4/h5-8,11,17H,1-4H3. The predicted molar refractivity (Wildman–Crippen MR) is 78.8 cm³/mol. The normalized spacial score (nSPS) is 12.7. The molecule has 1 heterocycles. The molecule has 1 aromatic carbocycles. The van der Waals surface area contributed by atoms with Crippen LogP contribution in [0.4, 0.5) is 0 Å². The van der Waals surface area contributed by atoms with Gasteiger partial charge < -0.3 is 9.73 Å². The van der Waals surface area contributed by atoms with Crippen molar-refractivity contribution in [1.82, 2.24) is 5.32 Å². The van der Waals surface area contributed by atoms with Crippen LogP contribution in [0.2, 0.25) is 0 Å². The molecule has 0 radical (unpaired) electrons. The van der Waals surface area contributed by atoms with Crippen LogP contribution in [0.1, 0.15) is 29.9 Å². The van der Waals surface area contributed by atoms with Crippen molar-refractivity contribution < 1.29 is 4.42 Å². The number of hydrogen-bond acceptors (Lipinski definition) is 2. The molecule has 1 aromatic heterocycles. The van der Waals surface area contributed by atoms with Gasteiger partial charge in [0.25, 0.3) is 0 Å². The maximum atomic E-state index is 5.93. The van der Waals surface area contributed by atoms with E-state index in [-0.39, 0.29) is 6.04 Å². The zero-order valence-electron chi connectivity index (χ0n) is 11.2. The Hall–Kier alpha value is -1.06. The third-order valence-electron chi connectivity index (χ3n) is 3.16. The van der Waals surface area contributed by atoms with Gasteiger partial charge in [-0.2, -0.15) is 0 Å². The fourth-order valence-electron chi connectivity index (χ4n) is 2.09. The highest BCUT2D eigenvalue weighted by atomic mass is 79.9. The minimum Gasteiger partial charge on any atom is -0.459 e. The van der Waals surface area contributed by atoms with Gasteiger partial charge in [-0.15, -0.1) is 0 Å². The molecule has 0 saturated heterocycles. The van der Waals surface area contributed by atoms with E-state index in [1.54, 1.807) is 0 Å². The summed E-state index contributed by atoms with van der Waals surface area (Å²) < 4.78 is 7.01. The number of halogens is 1. The van der Waals surface area contributed by atoms with Crippen molar-refractivity contribution in [2.45, 2.75) is 26.8 Å². The van der Waals surface area contributed by atoms with E-state index >= 15 is 0 Å². The molecule has 1 unspecified atom stereocenters. The maximum Gasteiger partial charge on any atom is 0.135 e. The van der Waals surface area contributed by atoms with E-state index in [0.717, 1.165) is 21.6 Å². The Labute approximate surface area is 117 Å². The lowest BCUT2D eigenvalue weighted by Crippen LogP contribution is -2.11. The molecule has 0 spiro atoms. The van der Waals surface area contributed by atoms with E-state index in [2.05, 4.69) is 54.2 Å². The Morgan fingerprint density at radius 3 is 2.56 bits per heavy atom. The van der Waals surface area contributed by atoms with E-state index in [1.165, 1.54) is 11.1 Å². The van der Waals surface area contributed by atoms with Gasteiger partial charge >= 0.3 is 0 Å². The van der Waals surface area contributed by atoms with Crippen molar-refractivity contribution in [3.8, 4) is 11.3 Å². The molecular weight excluding hydrogens is 290 g/mol. The summed E-state index contributed by atoms with van der Waals surface area (Å²) in [6.45, 7) is 6.29. The van der Waals surface area contributed by atoms with Gasteiger partial charge in [-0.3, -0.25) is 0 Å². The largest absolute Gasteiger partial charge is 0.459 e. The second-order valence-corrected chi connectivity index (χ2v) is 5.51. The Kier molecular flexibility index (Phi) is 3.93. The van der Waals surface area contributed by atoms with Crippen LogP contribution >= 0.6 is 15.9 Å². The summed E-state index contributed by atoms with van der Waals surface area (Å²) >= 11 is 3.62. The molecule has 2 aromatic rings. The topological polar surface area (TPSA) is 25.2 Å². The van der Waals surface area contributed by atoms with Gasteiger partial charge in [0, 0.05) is 10.0 Å². The zero-order valence-corrected chi connectivity index (χ0v) is 12.8. The number of rotatable bonds is 3. The highest BCUT2D eigenvalue weighted by Crippen LogP contribution is 2.34. The quantitative estimate of drug-likeness (QED) is 0.896. The van der Waals surface area contributed by atoms with Crippen LogP contribution in [0.25, 0.3) is 11.3 Å². The number of aryl methyl sites for hydroxylation is 2. The van der Waals surface area contributed by atoms with Gasteiger partial charge in [-0.1, -0.05) is 22.0 Å². The molecule has 18 heavy (non-hydrogen) atoms. The van der Waals surface area contributed by atoms with Gasteiger partial charge in [0.1, 0.15) is 11.5 Å². The van der Waals surface area contributed by atoms with Crippen molar-refractivity contribution in [1.29, 1.82) is 0 Å². The zero-order chi connectivity index (χ0) is 13.3. The Morgan fingerprint density at radius 2 is 1.94 bits per heavy atom. The van der Waals surface area contributed by atoms with Crippen molar-refractivity contribution in [2.75, 3.05) is 7.05 Å². The third kappa shape index (κ3) is 2.52. The minimum absolute atomic E-state index is 0.225. The van der Waals surface area contributed by atoms with E-state index in [0.29, 0.717) is 0 Å². The average Bonchev–Trinajstić information content (AvgIpc) is 2.76. The Balaban J connectivity index is 2.46. The third-order valence-corrected chi connectivity index (χ3v) is 3.79. The molecule has 3 heteroatoms. The molecule has 96 valence electrons. The van der Waals surface area contributed by atoms with Gasteiger partial charge in [-0.05, 0) is 57.1 Å². The lowest BCUT2D eigenvalue weighted by molar-refractivity contribution is 0.458. The molecule has 0 fully saturated rings. The lowest BCUT2D eigenvalue weighted by Gasteiger charge is -2.09. The van der Waals surface area contributed by atoms with E-state index in [1.807, 2.05) is 19.2 Å². The highest BCUT2D eigenvalue weighted by molar-refractivity contribution is 9.10. The van der Waals surface area contributed by atoms with Crippen LogP contribution in [-0.4, -0.2) is 7.05 Å². The fraction of sp³-hybridized carbons (Fsp3) is 0.333. The van der Waals surface area contributed by atoms with Gasteiger partial charge in [0.2, 0.25) is 0 Å². The first-order chi connectivity index (χ1) is 8.52. The number of furan rings is 1. The van der Waals surface area contributed by atoms with Crippen molar-refractivity contribution in [2.24, 2.45) is 0 Å². The molecular formula is C15H18BrNO. The summed E-state index contributed by atoms with van der Waals surface area (Å²) in [4.78, 5) is 0. The minimum atomic E-state index is 0.225. The second-order valence-electron chi connectivity index (χ2n) is 4.65. The summed E-state index contributed by atoms with van der Waals surface area (Å²) in [6, 6.07) is 8.58. The van der Waals surface area contributed by atoms with E-state index < -0.39 is 0 Å². The van der Waals surface area contributed by atoms with Crippen LogP contribution < -0.4 is 5.32 Å². The lowest BCUT2D eigenvalue weighted by atomic mass is 10.0. The van der Waals surface area contributed by atoms with Gasteiger partial charge in [0.05, 0.1) is 6.04 Å². The molecule has 1 N–H and O–H groups in total. The van der Waals surface area contributed by atoms with Crippen molar-refractivity contribution in [3.05, 3.63) is 45.6 Å². The SMILES string of the molecule is CNC(C)c1ccc(-c2c(C)cc(C)cc2Br)o1. The maximum absolute atomic E-state index is 5.93. The van der Waals surface area contributed by atoms with Crippen LogP contribution in [0.3, 0.4) is 0 Å². The molecule has 0 bridgehead atoms. The summed E-state index contributed by atoms with van der Waals surface area (Å²) in [5.41, 5.74) is 3.61. The monoisotopic (exact) mass is 307 g/mol. The predicted octanol–water partition coefficient (Wildman–Crippen LogP) is 4.61. The molecule has 2 nitrogen and oxygen atoms in total. The molecule has 0 aliphatic carbocycles. The summed E-state index contributed by atoms with van der Waals surface area (Å²) in [6.07, 6.45) is 0. The Morgan fingerprint density at radius 1 is 1.22 bits per heavy atom. The van der Waals surface area contributed by atoms with Gasteiger partial charge in [-0.25, -0.2) is 0 Å². The van der Waals surface area contributed by atoms with Crippen molar-refractivity contribution in [3.63, 3.8) is 0 Å². The molecule has 1 atom stereocenters. The molecule has 2 rings (SSSR count). The first-order valence-corrected chi connectivity index (χ1v) is 6.86. The van der Waals surface area contributed by atoms with Crippen LogP contribution in [-0.2, 0) is 0 Å². The first kappa shape index (κ1) is 13.4. The first-order valence-electron chi connectivity index (χ1n) is 6.07. The van der Waals surface area contributed by atoms with E-state index in [4.69, 9.17) is 4.42 Å². The summed E-state index contributed by atoms with van der Waals surface area (Å²) in [5, 5.41) is 3.18. The average molecular weight is 308 g/mol. The van der Waals surface area contributed by atoms with Crippen LogP contribution in [0, 0.1) is 13.8 Å². The molecule has 0 amide bonds. The number of hydrogen-bond donors (Lipinski definition) is 1. The fourth-order valence-corrected chi connectivity index (χ4v) is 2.96. The van der Waals surface area contributed by atoms with Crippen LogP contribution in [0.15, 0.2) is 33.2 Å². The summed E-state index contributed by atoms with van der Waals surface area (Å²) in [7, 11) is 1.93. The smallest absolute Gasteiger partial charge is 0.135 e. The molecule has 0 saturated carbocycles. The second kappa shape index (κ2) is 5.29. The van der Waals surface area contributed by atoms with E-state index in [9.17, 15) is 0 Å². The molecule has 0 aliphatic rings. The number of benzene rings is 1. The summed E-state index contributed by atoms with van der Waals surface area (Å²) in [5.74, 6) is 1.87. The molecule has 0 aliphatic heterocycles. The van der Waals surface area contributed by atoms with Crippen molar-refractivity contribution >= 4 is 15.9 Å². The van der Waals surface area contributed by atoms with Gasteiger partial charge in [0.15, 0.2) is 0 Å². The highest BCUT2D eigenvalue weighted by Gasteiger charge is 2.14. The van der Waals surface area contributed by atoms with Crippen LogP contribution in [0.5, 0.6) is 0 Å². The number of nitrogens with one attached hydrogen (secondary N) is 1. The Bertz CT molecular complexity index is 536.